The zero-order valence-corrected chi connectivity index (χ0v) is 16.2. The van der Waals surface area contributed by atoms with Crippen LogP contribution < -0.4 is 21.1 Å². The quantitative estimate of drug-likeness (QED) is 0.686. The number of para-hydroxylation sites is 1. The normalized spacial score (nSPS) is 20.7. The predicted molar refractivity (Wildman–Crippen MR) is 107 cm³/mol. The van der Waals surface area contributed by atoms with Crippen molar-refractivity contribution in [3.63, 3.8) is 0 Å². The maximum Gasteiger partial charge on any atom is 0.241 e. The highest BCUT2D eigenvalue weighted by atomic mass is 32.2. The van der Waals surface area contributed by atoms with Gasteiger partial charge in [-0.2, -0.15) is 0 Å². The monoisotopic (exact) mass is 435 g/mol. The first-order valence-electron chi connectivity index (χ1n) is 8.96. The number of carbonyl (C=O) groups is 2. The number of carbonyl (C=O) groups excluding carboxylic acids is 2. The lowest BCUT2D eigenvalue weighted by Gasteiger charge is -2.32. The molecule has 2 aromatic carbocycles. The average molecular weight is 435 g/mol. The number of hydrazine groups is 1. The van der Waals surface area contributed by atoms with E-state index in [1.54, 1.807) is 6.07 Å². The summed E-state index contributed by atoms with van der Waals surface area (Å²) >= 11 is 0.933. The van der Waals surface area contributed by atoms with Gasteiger partial charge >= 0.3 is 0 Å². The van der Waals surface area contributed by atoms with E-state index in [1.807, 2.05) is 0 Å². The Bertz CT molecular complexity index is 1030. The van der Waals surface area contributed by atoms with E-state index in [1.165, 1.54) is 29.2 Å². The van der Waals surface area contributed by atoms with Crippen LogP contribution in [0.4, 0.5) is 24.5 Å². The van der Waals surface area contributed by atoms with Crippen LogP contribution in [-0.4, -0.2) is 35.4 Å². The molecule has 2 atom stereocenters. The van der Waals surface area contributed by atoms with Gasteiger partial charge in [-0.25, -0.2) is 23.6 Å². The summed E-state index contributed by atoms with van der Waals surface area (Å²) < 4.78 is 40.8. The summed E-state index contributed by atoms with van der Waals surface area (Å²) in [6, 6.07) is 8.81. The molecule has 2 heterocycles. The maximum absolute atomic E-state index is 13.8. The van der Waals surface area contributed by atoms with Gasteiger partial charge in [0.1, 0.15) is 12.0 Å². The number of anilines is 2. The fourth-order valence-electron chi connectivity index (χ4n) is 3.11. The van der Waals surface area contributed by atoms with Gasteiger partial charge in [-0.05, 0) is 24.3 Å². The summed E-state index contributed by atoms with van der Waals surface area (Å²) in [6.45, 7) is 0.318. The number of hydrogen-bond donors (Lipinski definition) is 3. The topological polar surface area (TPSA) is 85.8 Å². The average Bonchev–Trinajstić information content (AvgIpc) is 3.19. The van der Waals surface area contributed by atoms with E-state index in [0.717, 1.165) is 23.9 Å². The van der Waals surface area contributed by atoms with Crippen LogP contribution >= 0.6 is 11.8 Å². The zero-order valence-electron chi connectivity index (χ0n) is 15.4. The van der Waals surface area contributed by atoms with Crippen LogP contribution in [0.2, 0.25) is 0 Å². The number of rotatable bonds is 4. The summed E-state index contributed by atoms with van der Waals surface area (Å²) in [6.07, 6.45) is -0.545. The third-order valence-electron chi connectivity index (χ3n) is 4.57. The molecule has 11 heteroatoms. The predicted octanol–water partition coefficient (Wildman–Crippen LogP) is 2.23. The number of thioether (sulfide) groups is 1. The molecular formula is C19H16F3N5O2S. The first-order chi connectivity index (χ1) is 14.4. The lowest BCUT2D eigenvalue weighted by molar-refractivity contribution is -0.121. The second-order valence-corrected chi connectivity index (χ2v) is 7.52. The fraction of sp³-hybridized carbons (Fsp3) is 0.211. The van der Waals surface area contributed by atoms with Crippen molar-refractivity contribution in [1.29, 1.82) is 0 Å². The Morgan fingerprint density at radius 2 is 1.97 bits per heavy atom. The minimum absolute atomic E-state index is 0.0314. The summed E-state index contributed by atoms with van der Waals surface area (Å²) in [5, 5.41) is 2.59. The van der Waals surface area contributed by atoms with Crippen molar-refractivity contribution in [2.75, 3.05) is 22.5 Å². The molecule has 2 aliphatic rings. The Labute approximate surface area is 173 Å². The highest BCUT2D eigenvalue weighted by Crippen LogP contribution is 2.30. The van der Waals surface area contributed by atoms with Crippen LogP contribution in [0.15, 0.2) is 47.5 Å². The fourth-order valence-corrected chi connectivity index (χ4v) is 3.95. The molecule has 2 amide bonds. The van der Waals surface area contributed by atoms with Crippen molar-refractivity contribution >= 4 is 40.1 Å². The molecular weight excluding hydrogens is 419 g/mol. The lowest BCUT2D eigenvalue weighted by Crippen LogP contribution is -2.49. The Balaban J connectivity index is 1.55. The van der Waals surface area contributed by atoms with Gasteiger partial charge in [0.15, 0.2) is 16.8 Å². The minimum Gasteiger partial charge on any atom is -0.323 e. The van der Waals surface area contributed by atoms with Crippen molar-refractivity contribution in [3.05, 3.63) is 59.9 Å². The molecule has 4 rings (SSSR count). The Kier molecular flexibility index (Phi) is 5.75. The van der Waals surface area contributed by atoms with Crippen molar-refractivity contribution in [1.82, 2.24) is 10.9 Å². The first kappa shape index (κ1) is 20.4. The Hall–Kier alpha value is -2.89. The number of amidine groups is 1. The number of hydrogen-bond acceptors (Lipinski definition) is 6. The number of nitrogens with one attached hydrogen (secondary N) is 3. The van der Waals surface area contributed by atoms with Gasteiger partial charge in [0, 0.05) is 12.6 Å². The zero-order chi connectivity index (χ0) is 21.3. The van der Waals surface area contributed by atoms with Crippen LogP contribution in [0.5, 0.6) is 0 Å². The van der Waals surface area contributed by atoms with Crippen molar-refractivity contribution in [2.45, 2.75) is 6.17 Å². The summed E-state index contributed by atoms with van der Waals surface area (Å²) in [5.74, 6) is -4.30. The lowest BCUT2D eigenvalue weighted by atomic mass is 10.0. The van der Waals surface area contributed by atoms with E-state index in [4.69, 9.17) is 0 Å². The molecule has 30 heavy (non-hydrogen) atoms. The van der Waals surface area contributed by atoms with Gasteiger partial charge in [-0.1, -0.05) is 23.9 Å². The molecule has 0 radical (unpaired) electrons. The molecule has 2 unspecified atom stereocenters. The first-order valence-corrected chi connectivity index (χ1v) is 9.95. The third kappa shape index (κ3) is 4.04. The van der Waals surface area contributed by atoms with Crippen LogP contribution in [0, 0.1) is 23.4 Å². The number of nitrogens with zero attached hydrogens (tertiary/aromatic N) is 2. The molecule has 3 N–H and O–H groups in total. The van der Waals surface area contributed by atoms with Gasteiger partial charge in [0.25, 0.3) is 0 Å². The Morgan fingerprint density at radius 1 is 1.17 bits per heavy atom. The molecule has 0 saturated carbocycles. The van der Waals surface area contributed by atoms with Crippen LogP contribution in [0.25, 0.3) is 0 Å². The van der Waals surface area contributed by atoms with Crippen LogP contribution in [0.1, 0.15) is 0 Å². The molecule has 0 aromatic heterocycles. The highest BCUT2D eigenvalue weighted by molar-refractivity contribution is 8.14. The van der Waals surface area contributed by atoms with Gasteiger partial charge < -0.3 is 5.32 Å². The highest BCUT2D eigenvalue weighted by Gasteiger charge is 2.42. The van der Waals surface area contributed by atoms with Gasteiger partial charge in [-0.15, -0.1) is 0 Å². The molecule has 1 saturated heterocycles. The smallest absolute Gasteiger partial charge is 0.241 e. The number of aliphatic imine (C=N–C) groups is 1. The van der Waals surface area contributed by atoms with Crippen molar-refractivity contribution in [2.24, 2.45) is 10.9 Å². The number of amides is 2. The minimum atomic E-state index is -1.10. The van der Waals surface area contributed by atoms with E-state index < -0.39 is 35.4 Å². The van der Waals surface area contributed by atoms with E-state index in [-0.39, 0.29) is 28.2 Å². The standard InChI is InChI=1S/C19H16F3N5O2S/c20-12-6-5-10(7-14(12)22)27-18(29)11-8-23-26-17(11)25-19(27)30-9-16(28)24-15-4-2-1-3-13(15)21/h1-7,11,17,23,26H,8-9H2,(H,24,28). The summed E-state index contributed by atoms with van der Waals surface area (Å²) in [7, 11) is 0. The van der Waals surface area contributed by atoms with Crippen LogP contribution in [-0.2, 0) is 9.59 Å². The number of halogens is 3. The molecule has 7 nitrogen and oxygen atoms in total. The van der Waals surface area contributed by atoms with E-state index >= 15 is 0 Å². The largest absolute Gasteiger partial charge is 0.323 e. The van der Waals surface area contributed by atoms with E-state index in [0.29, 0.717) is 6.54 Å². The Morgan fingerprint density at radius 3 is 2.73 bits per heavy atom. The molecule has 156 valence electrons. The van der Waals surface area contributed by atoms with Crippen molar-refractivity contribution in [3.8, 4) is 0 Å². The van der Waals surface area contributed by atoms with Gasteiger partial charge in [-0.3, -0.25) is 19.9 Å². The summed E-state index contributed by atoms with van der Waals surface area (Å²) in [5.41, 5.74) is 5.84. The third-order valence-corrected chi connectivity index (χ3v) is 5.53. The number of benzene rings is 2. The molecule has 1 fully saturated rings. The number of fused-ring (bicyclic) bond motifs is 1. The molecule has 0 spiro atoms. The molecule has 2 aliphatic heterocycles. The second kappa shape index (κ2) is 8.46. The van der Waals surface area contributed by atoms with Crippen molar-refractivity contribution < 1.29 is 22.8 Å². The second-order valence-electron chi connectivity index (χ2n) is 6.58. The van der Waals surface area contributed by atoms with Crippen LogP contribution in [0.3, 0.4) is 0 Å². The van der Waals surface area contributed by atoms with E-state index in [2.05, 4.69) is 21.2 Å². The maximum atomic E-state index is 13.8. The molecule has 0 aliphatic carbocycles. The van der Waals surface area contributed by atoms with E-state index in [9.17, 15) is 22.8 Å². The van der Waals surface area contributed by atoms with Gasteiger partial charge in [0.05, 0.1) is 23.0 Å². The summed E-state index contributed by atoms with van der Waals surface area (Å²) in [4.78, 5) is 30.9. The van der Waals surface area contributed by atoms with Gasteiger partial charge in [0.2, 0.25) is 11.8 Å². The SMILES string of the molecule is O=C(CSC1=NC2NNCC2C(=O)N1c1ccc(F)c(F)c1)Nc1ccccc1F. The molecule has 2 aromatic rings. The molecule has 0 bridgehead atoms.